The third-order valence-corrected chi connectivity index (χ3v) is 2.98. The second kappa shape index (κ2) is 6.05. The van der Waals surface area contributed by atoms with Crippen LogP contribution in [0.25, 0.3) is 0 Å². The lowest BCUT2D eigenvalue weighted by Crippen LogP contribution is -2.13. The van der Waals surface area contributed by atoms with Crippen LogP contribution in [-0.4, -0.2) is 12.1 Å². The van der Waals surface area contributed by atoms with Crippen LogP contribution in [0.15, 0.2) is 54.6 Å². The molecule has 2 rings (SSSR count). The van der Waals surface area contributed by atoms with Crippen molar-refractivity contribution in [2.75, 3.05) is 0 Å². The number of hydrogen-bond donors (Lipinski definition) is 0. The zero-order valence-electron chi connectivity index (χ0n) is 10.3. The van der Waals surface area contributed by atoms with E-state index in [1.165, 1.54) is 24.3 Å². The summed E-state index contributed by atoms with van der Waals surface area (Å²) in [6, 6.07) is 14.5. The third kappa shape index (κ3) is 3.13. The Hall–Kier alpha value is -2.29. The second-order valence-corrected chi connectivity index (χ2v) is 4.24. The van der Waals surface area contributed by atoms with E-state index in [1.807, 2.05) is 30.3 Å². The number of ketones is 1. The summed E-state index contributed by atoms with van der Waals surface area (Å²) in [5.41, 5.74) is 1.21. The van der Waals surface area contributed by atoms with Crippen LogP contribution < -0.4 is 0 Å². The lowest BCUT2D eigenvalue weighted by atomic mass is 9.88. The molecule has 0 heterocycles. The minimum Gasteiger partial charge on any atom is -0.303 e. The van der Waals surface area contributed by atoms with Crippen molar-refractivity contribution in [3.8, 4) is 0 Å². The summed E-state index contributed by atoms with van der Waals surface area (Å²) in [5.74, 6) is -1.06. The maximum absolute atomic E-state index is 12.9. The van der Waals surface area contributed by atoms with Crippen LogP contribution in [0, 0.1) is 5.82 Å². The number of rotatable bonds is 5. The van der Waals surface area contributed by atoms with Crippen molar-refractivity contribution in [1.82, 2.24) is 0 Å². The molecule has 2 nitrogen and oxygen atoms in total. The van der Waals surface area contributed by atoms with Crippen molar-refractivity contribution < 1.29 is 14.0 Å². The normalized spacial score (nSPS) is 11.8. The SMILES string of the molecule is O=CC[C@H](C(=O)c1ccc(F)cc1)c1ccccc1. The highest BCUT2D eigenvalue weighted by atomic mass is 19.1. The molecule has 0 bridgehead atoms. The van der Waals surface area contributed by atoms with Gasteiger partial charge in [0.25, 0.3) is 0 Å². The van der Waals surface area contributed by atoms with E-state index in [1.54, 1.807) is 0 Å². The van der Waals surface area contributed by atoms with Crippen molar-refractivity contribution >= 4 is 12.1 Å². The van der Waals surface area contributed by atoms with Crippen molar-refractivity contribution in [2.45, 2.75) is 12.3 Å². The minimum absolute atomic E-state index is 0.125. The van der Waals surface area contributed by atoms with Gasteiger partial charge in [-0.2, -0.15) is 0 Å². The summed E-state index contributed by atoms with van der Waals surface area (Å²) in [6.45, 7) is 0. The molecule has 0 spiro atoms. The number of carbonyl (C=O) groups is 2. The lowest BCUT2D eigenvalue weighted by molar-refractivity contribution is -0.108. The van der Waals surface area contributed by atoms with Crippen LogP contribution in [-0.2, 0) is 4.79 Å². The molecule has 0 saturated carbocycles. The highest BCUT2D eigenvalue weighted by molar-refractivity contribution is 6.01. The van der Waals surface area contributed by atoms with Crippen molar-refractivity contribution in [1.29, 1.82) is 0 Å². The van der Waals surface area contributed by atoms with Crippen LogP contribution in [0.1, 0.15) is 28.3 Å². The summed E-state index contributed by atoms with van der Waals surface area (Å²) in [6.07, 6.45) is 0.860. The van der Waals surface area contributed by atoms with Crippen molar-refractivity contribution in [3.05, 3.63) is 71.5 Å². The van der Waals surface area contributed by atoms with E-state index < -0.39 is 5.92 Å². The molecule has 3 heteroatoms. The van der Waals surface area contributed by atoms with Gasteiger partial charge in [-0.25, -0.2) is 4.39 Å². The fourth-order valence-corrected chi connectivity index (χ4v) is 1.99. The maximum Gasteiger partial charge on any atom is 0.170 e. The van der Waals surface area contributed by atoms with Gasteiger partial charge >= 0.3 is 0 Å². The largest absolute Gasteiger partial charge is 0.303 e. The number of halogens is 1. The molecule has 0 saturated heterocycles. The second-order valence-electron chi connectivity index (χ2n) is 4.24. The minimum atomic E-state index is -0.510. The van der Waals surface area contributed by atoms with Crippen molar-refractivity contribution in [3.63, 3.8) is 0 Å². The summed E-state index contributed by atoms with van der Waals surface area (Å²) < 4.78 is 12.9. The molecule has 0 amide bonds. The number of carbonyl (C=O) groups excluding carboxylic acids is 2. The van der Waals surface area contributed by atoms with E-state index in [0.29, 0.717) is 5.56 Å². The Morgan fingerprint density at radius 1 is 1.05 bits per heavy atom. The number of Topliss-reactive ketones (excluding diaryl/α,β-unsaturated/α-hetero) is 1. The molecule has 0 unspecified atom stereocenters. The van der Waals surface area contributed by atoms with E-state index in [-0.39, 0.29) is 18.0 Å². The molecular weight excluding hydrogens is 243 g/mol. The van der Waals surface area contributed by atoms with E-state index in [4.69, 9.17) is 0 Å². The Morgan fingerprint density at radius 2 is 1.68 bits per heavy atom. The molecule has 0 aliphatic carbocycles. The van der Waals surface area contributed by atoms with Crippen LogP contribution in [0.5, 0.6) is 0 Å². The first-order valence-corrected chi connectivity index (χ1v) is 6.00. The van der Waals surface area contributed by atoms with Gasteiger partial charge < -0.3 is 4.79 Å². The zero-order valence-corrected chi connectivity index (χ0v) is 10.3. The van der Waals surface area contributed by atoms with Crippen LogP contribution >= 0.6 is 0 Å². The third-order valence-electron chi connectivity index (χ3n) is 2.98. The first kappa shape index (κ1) is 13.1. The predicted octanol–water partition coefficient (Wildman–Crippen LogP) is 3.38. The molecule has 0 aliphatic rings. The number of benzene rings is 2. The molecule has 0 fully saturated rings. The Kier molecular flexibility index (Phi) is 4.18. The molecule has 1 atom stereocenters. The maximum atomic E-state index is 12.9. The summed E-state index contributed by atoms with van der Waals surface area (Å²) in [7, 11) is 0. The zero-order chi connectivity index (χ0) is 13.7. The molecule has 0 aromatic heterocycles. The van der Waals surface area contributed by atoms with Crippen LogP contribution in [0.4, 0.5) is 4.39 Å². The highest BCUT2D eigenvalue weighted by Crippen LogP contribution is 2.23. The molecule has 2 aromatic rings. The monoisotopic (exact) mass is 256 g/mol. The Labute approximate surface area is 110 Å². The Morgan fingerprint density at radius 3 is 2.26 bits per heavy atom. The van der Waals surface area contributed by atoms with E-state index in [0.717, 1.165) is 11.8 Å². The Bertz CT molecular complexity index is 561. The first-order valence-electron chi connectivity index (χ1n) is 6.00. The van der Waals surface area contributed by atoms with Gasteiger partial charge in [0, 0.05) is 12.0 Å². The summed E-state index contributed by atoms with van der Waals surface area (Å²) in [4.78, 5) is 23.1. The van der Waals surface area contributed by atoms with Crippen molar-refractivity contribution in [2.24, 2.45) is 0 Å². The van der Waals surface area contributed by atoms with E-state index >= 15 is 0 Å². The summed E-state index contributed by atoms with van der Waals surface area (Å²) >= 11 is 0. The Balaban J connectivity index is 2.31. The van der Waals surface area contributed by atoms with E-state index in [9.17, 15) is 14.0 Å². The molecule has 0 radical (unpaired) electrons. The molecule has 0 aliphatic heterocycles. The number of hydrogen-bond acceptors (Lipinski definition) is 2. The van der Waals surface area contributed by atoms with Gasteiger partial charge in [0.1, 0.15) is 12.1 Å². The van der Waals surface area contributed by atoms with Gasteiger partial charge in [-0.1, -0.05) is 30.3 Å². The van der Waals surface area contributed by atoms with Gasteiger partial charge in [-0.05, 0) is 29.8 Å². The first-order chi connectivity index (χ1) is 9.22. The fourth-order valence-electron chi connectivity index (χ4n) is 1.99. The van der Waals surface area contributed by atoms with E-state index in [2.05, 4.69) is 0 Å². The molecule has 0 N–H and O–H groups in total. The van der Waals surface area contributed by atoms with Gasteiger partial charge in [0.15, 0.2) is 5.78 Å². The van der Waals surface area contributed by atoms with Gasteiger partial charge in [-0.3, -0.25) is 4.79 Å². The highest BCUT2D eigenvalue weighted by Gasteiger charge is 2.21. The predicted molar refractivity (Wildman–Crippen MR) is 70.6 cm³/mol. The van der Waals surface area contributed by atoms with Gasteiger partial charge in [0.05, 0.1) is 5.92 Å². The lowest BCUT2D eigenvalue weighted by Gasteiger charge is -2.13. The smallest absolute Gasteiger partial charge is 0.170 e. The van der Waals surface area contributed by atoms with Gasteiger partial charge in [0.2, 0.25) is 0 Å². The van der Waals surface area contributed by atoms with Gasteiger partial charge in [-0.15, -0.1) is 0 Å². The molecule has 19 heavy (non-hydrogen) atoms. The molecule has 2 aromatic carbocycles. The summed E-state index contributed by atoms with van der Waals surface area (Å²) in [5, 5.41) is 0. The number of aldehydes is 1. The van der Waals surface area contributed by atoms with Crippen LogP contribution in [0.2, 0.25) is 0 Å². The molecular formula is C16H13FO2. The quantitative estimate of drug-likeness (QED) is 0.607. The fraction of sp³-hybridized carbons (Fsp3) is 0.125. The average Bonchev–Trinajstić information content (AvgIpc) is 2.46. The molecule has 96 valence electrons. The standard InChI is InChI=1S/C16H13FO2/c17-14-8-6-13(7-9-14)16(19)15(10-11-18)12-4-2-1-3-5-12/h1-9,11,15H,10H2/t15-/m0/s1. The topological polar surface area (TPSA) is 34.1 Å². The van der Waals surface area contributed by atoms with Crippen LogP contribution in [0.3, 0.4) is 0 Å². The average molecular weight is 256 g/mol.